The number of nitrogens with zero attached hydrogens (tertiary/aromatic N) is 2. The van der Waals surface area contributed by atoms with Crippen molar-refractivity contribution in [1.82, 2.24) is 4.98 Å². The van der Waals surface area contributed by atoms with E-state index in [0.717, 1.165) is 23.3 Å². The van der Waals surface area contributed by atoms with E-state index in [-0.39, 0.29) is 6.10 Å². The second-order valence-corrected chi connectivity index (χ2v) is 4.52. The van der Waals surface area contributed by atoms with Crippen molar-refractivity contribution in [1.29, 1.82) is 0 Å². The highest BCUT2D eigenvalue weighted by atomic mass is 16.6. The number of hydrogen-bond donors (Lipinski definition) is 1. The maximum atomic E-state index is 5.57. The molecule has 0 amide bonds. The molecule has 2 N–H and O–H groups in total. The molecule has 0 aliphatic carbocycles. The minimum atomic E-state index is 0.0230. The van der Waals surface area contributed by atoms with Gasteiger partial charge in [-0.3, -0.25) is 4.98 Å². The first-order chi connectivity index (χ1) is 9.36. The van der Waals surface area contributed by atoms with Gasteiger partial charge in [0.05, 0.1) is 5.71 Å². The Morgan fingerprint density at radius 3 is 2.26 bits per heavy atom. The first-order valence-electron chi connectivity index (χ1n) is 6.30. The van der Waals surface area contributed by atoms with Crippen LogP contribution in [0.3, 0.4) is 0 Å². The molecule has 2 aromatic rings. The Balaban J connectivity index is 1.80. The average molecular weight is 253 g/mol. The van der Waals surface area contributed by atoms with E-state index in [1.165, 1.54) is 5.56 Å². The number of rotatable bonds is 3. The molecule has 1 unspecified atom stereocenters. The smallest absolute Gasteiger partial charge is 0.145 e. The molecule has 1 aromatic carbocycles. The van der Waals surface area contributed by atoms with Crippen LogP contribution in [0.15, 0.2) is 53.9 Å². The molecular weight excluding hydrogens is 238 g/mol. The Morgan fingerprint density at radius 2 is 1.63 bits per heavy atom. The molecule has 0 spiro atoms. The van der Waals surface area contributed by atoms with E-state index in [0.29, 0.717) is 6.54 Å². The third-order valence-corrected chi connectivity index (χ3v) is 3.23. The number of hydrogen-bond acceptors (Lipinski definition) is 4. The van der Waals surface area contributed by atoms with Gasteiger partial charge in [-0.2, -0.15) is 0 Å². The molecule has 3 rings (SSSR count). The summed E-state index contributed by atoms with van der Waals surface area (Å²) in [5.74, 6) is 0. The molecule has 0 fully saturated rings. The maximum absolute atomic E-state index is 5.57. The monoisotopic (exact) mass is 253 g/mol. The first kappa shape index (κ1) is 11.9. The predicted molar refractivity (Wildman–Crippen MR) is 74.8 cm³/mol. The molecule has 0 saturated carbocycles. The van der Waals surface area contributed by atoms with E-state index < -0.39 is 0 Å². The van der Waals surface area contributed by atoms with Crippen molar-refractivity contribution in [3.63, 3.8) is 0 Å². The van der Waals surface area contributed by atoms with Gasteiger partial charge in [0, 0.05) is 25.4 Å². The van der Waals surface area contributed by atoms with Gasteiger partial charge in [-0.1, -0.05) is 29.4 Å². The Morgan fingerprint density at radius 1 is 1.00 bits per heavy atom. The summed E-state index contributed by atoms with van der Waals surface area (Å²) in [6, 6.07) is 12.3. The van der Waals surface area contributed by atoms with E-state index in [2.05, 4.69) is 34.4 Å². The Hall–Kier alpha value is -2.20. The summed E-state index contributed by atoms with van der Waals surface area (Å²) < 4.78 is 0. The number of benzene rings is 1. The predicted octanol–water partition coefficient (Wildman–Crippen LogP) is 2.20. The molecule has 0 bridgehead atoms. The Labute approximate surface area is 111 Å². The molecule has 96 valence electrons. The lowest BCUT2D eigenvalue weighted by Crippen LogP contribution is -2.20. The standard InChI is InChI=1S/C15H15N3O/c16-10-14-9-15(18-19-14)13-3-1-11(2-4-13)12-5-7-17-8-6-12/h1-8,14H,9-10,16H2. The van der Waals surface area contributed by atoms with Crippen molar-refractivity contribution in [3.8, 4) is 11.1 Å². The number of aromatic nitrogens is 1. The normalized spacial score (nSPS) is 17.9. The first-order valence-corrected chi connectivity index (χ1v) is 6.30. The van der Waals surface area contributed by atoms with E-state index >= 15 is 0 Å². The lowest BCUT2D eigenvalue weighted by Gasteiger charge is -2.04. The second kappa shape index (κ2) is 5.20. The largest absolute Gasteiger partial charge is 0.390 e. The zero-order chi connectivity index (χ0) is 13.1. The highest BCUT2D eigenvalue weighted by molar-refractivity contribution is 6.01. The average Bonchev–Trinajstić information content (AvgIpc) is 2.97. The molecule has 1 aliphatic rings. The van der Waals surface area contributed by atoms with Crippen molar-refractivity contribution in [2.24, 2.45) is 10.9 Å². The van der Waals surface area contributed by atoms with Gasteiger partial charge in [0.1, 0.15) is 6.10 Å². The van der Waals surface area contributed by atoms with Gasteiger partial charge >= 0.3 is 0 Å². The molecule has 4 nitrogen and oxygen atoms in total. The van der Waals surface area contributed by atoms with Gasteiger partial charge in [-0.25, -0.2) is 0 Å². The van der Waals surface area contributed by atoms with Crippen LogP contribution < -0.4 is 5.73 Å². The lowest BCUT2D eigenvalue weighted by molar-refractivity contribution is 0.0918. The summed E-state index contributed by atoms with van der Waals surface area (Å²) in [6.07, 6.45) is 4.40. The van der Waals surface area contributed by atoms with Gasteiger partial charge in [0.15, 0.2) is 0 Å². The van der Waals surface area contributed by atoms with Crippen LogP contribution in [0, 0.1) is 0 Å². The summed E-state index contributed by atoms with van der Waals surface area (Å²) in [6.45, 7) is 0.502. The quantitative estimate of drug-likeness (QED) is 0.912. The zero-order valence-corrected chi connectivity index (χ0v) is 10.5. The van der Waals surface area contributed by atoms with Crippen LogP contribution in [0.4, 0.5) is 0 Å². The van der Waals surface area contributed by atoms with Crippen LogP contribution in [-0.2, 0) is 4.84 Å². The van der Waals surface area contributed by atoms with Crippen molar-refractivity contribution < 1.29 is 4.84 Å². The minimum absolute atomic E-state index is 0.0230. The highest BCUT2D eigenvalue weighted by Crippen LogP contribution is 2.21. The summed E-state index contributed by atoms with van der Waals surface area (Å²) in [5.41, 5.74) is 9.96. The van der Waals surface area contributed by atoms with Crippen molar-refractivity contribution in [2.45, 2.75) is 12.5 Å². The van der Waals surface area contributed by atoms with Crippen LogP contribution in [0.25, 0.3) is 11.1 Å². The van der Waals surface area contributed by atoms with Crippen molar-refractivity contribution in [3.05, 3.63) is 54.4 Å². The summed E-state index contributed by atoms with van der Waals surface area (Å²) in [5, 5.41) is 4.09. The van der Waals surface area contributed by atoms with Gasteiger partial charge in [0.25, 0.3) is 0 Å². The Bertz CT molecular complexity index is 578. The van der Waals surface area contributed by atoms with Crippen LogP contribution in [0.1, 0.15) is 12.0 Å². The fourth-order valence-corrected chi connectivity index (χ4v) is 2.12. The molecule has 1 atom stereocenters. The van der Waals surface area contributed by atoms with E-state index in [9.17, 15) is 0 Å². The molecule has 19 heavy (non-hydrogen) atoms. The van der Waals surface area contributed by atoms with Crippen LogP contribution in [-0.4, -0.2) is 23.3 Å². The third kappa shape index (κ3) is 2.48. The number of oxime groups is 1. The molecule has 0 radical (unpaired) electrons. The van der Waals surface area contributed by atoms with Gasteiger partial charge in [-0.15, -0.1) is 0 Å². The van der Waals surface area contributed by atoms with Crippen LogP contribution in [0.5, 0.6) is 0 Å². The highest BCUT2D eigenvalue weighted by Gasteiger charge is 2.20. The topological polar surface area (TPSA) is 60.5 Å². The zero-order valence-electron chi connectivity index (χ0n) is 10.5. The fraction of sp³-hybridized carbons (Fsp3) is 0.200. The van der Waals surface area contributed by atoms with Crippen LogP contribution in [0.2, 0.25) is 0 Å². The van der Waals surface area contributed by atoms with E-state index in [4.69, 9.17) is 10.6 Å². The Kier molecular flexibility index (Phi) is 3.25. The lowest BCUT2D eigenvalue weighted by atomic mass is 10.0. The fourth-order valence-electron chi connectivity index (χ4n) is 2.12. The molecule has 0 saturated heterocycles. The molecule has 4 heteroatoms. The third-order valence-electron chi connectivity index (χ3n) is 3.23. The van der Waals surface area contributed by atoms with Crippen molar-refractivity contribution >= 4 is 5.71 Å². The SMILES string of the molecule is NCC1CC(c2ccc(-c3ccncc3)cc2)=NO1. The molecule has 2 heterocycles. The number of nitrogens with two attached hydrogens (primary N) is 1. The van der Waals surface area contributed by atoms with E-state index in [1.807, 2.05) is 12.1 Å². The van der Waals surface area contributed by atoms with Crippen molar-refractivity contribution in [2.75, 3.05) is 6.54 Å². The number of pyridine rings is 1. The molecular formula is C15H15N3O. The van der Waals surface area contributed by atoms with Crippen LogP contribution >= 0.6 is 0 Å². The summed E-state index contributed by atoms with van der Waals surface area (Å²) in [7, 11) is 0. The van der Waals surface area contributed by atoms with E-state index in [1.54, 1.807) is 12.4 Å². The second-order valence-electron chi connectivity index (χ2n) is 4.52. The maximum Gasteiger partial charge on any atom is 0.145 e. The van der Waals surface area contributed by atoms with Gasteiger partial charge in [0.2, 0.25) is 0 Å². The van der Waals surface area contributed by atoms with Gasteiger partial charge < -0.3 is 10.6 Å². The molecule has 1 aromatic heterocycles. The summed E-state index contributed by atoms with van der Waals surface area (Å²) in [4.78, 5) is 9.26. The minimum Gasteiger partial charge on any atom is -0.390 e. The molecule has 1 aliphatic heterocycles. The summed E-state index contributed by atoms with van der Waals surface area (Å²) >= 11 is 0. The van der Waals surface area contributed by atoms with Gasteiger partial charge in [-0.05, 0) is 28.8 Å².